The van der Waals surface area contributed by atoms with E-state index < -0.39 is 64.8 Å². The fourth-order valence-electron chi connectivity index (χ4n) is 3.74. The van der Waals surface area contributed by atoms with Gasteiger partial charge in [-0.25, -0.2) is 14.3 Å². The van der Waals surface area contributed by atoms with Gasteiger partial charge >= 0.3 is 115 Å². The van der Waals surface area contributed by atoms with Crippen LogP contribution in [0.1, 0.15) is 16.1 Å². The summed E-state index contributed by atoms with van der Waals surface area (Å²) in [6, 6.07) is 8.62. The summed E-state index contributed by atoms with van der Waals surface area (Å²) in [5.74, 6) is -3.89. The number of H-pyrrole nitrogens is 1. The van der Waals surface area contributed by atoms with E-state index in [4.69, 9.17) is 9.11 Å². The summed E-state index contributed by atoms with van der Waals surface area (Å²) in [6.45, 7) is 0. The Hall–Kier alpha value is -2.16. The number of nitrogens with zero attached hydrogens (tertiary/aromatic N) is 3. The SMILES string of the molecule is O=C(O)C1=NN(c2ccc(S(=O)(=O)O)cc2)C(=O)\C1=C/C=C/C=C/c1c(C(=O)O)[nH]n(-c2ccc(S(=O)(=O)O)cc2)c1=O.[K+].[K+]. The molecular formula is C25H18K2N4O12S2+2. The van der Waals surface area contributed by atoms with Crippen molar-refractivity contribution in [1.29, 1.82) is 0 Å². The zero-order valence-corrected chi connectivity index (χ0v) is 31.1. The van der Waals surface area contributed by atoms with Gasteiger partial charge in [0.25, 0.3) is 31.7 Å². The summed E-state index contributed by atoms with van der Waals surface area (Å²) >= 11 is 0. The summed E-state index contributed by atoms with van der Waals surface area (Å²) in [7, 11) is -9.00. The van der Waals surface area contributed by atoms with E-state index in [2.05, 4.69) is 10.2 Å². The van der Waals surface area contributed by atoms with Gasteiger partial charge in [-0.2, -0.15) is 26.9 Å². The van der Waals surface area contributed by atoms with E-state index in [1.54, 1.807) is 0 Å². The summed E-state index contributed by atoms with van der Waals surface area (Å²) in [6.07, 6.45) is 5.98. The van der Waals surface area contributed by atoms with Gasteiger partial charge in [0.2, 0.25) is 0 Å². The van der Waals surface area contributed by atoms with E-state index in [0.717, 1.165) is 58.2 Å². The molecule has 0 fully saturated rings. The molecule has 4 rings (SSSR count). The number of hydrazone groups is 1. The van der Waals surface area contributed by atoms with E-state index in [-0.39, 0.29) is 125 Å². The number of hydrogen-bond donors (Lipinski definition) is 5. The molecule has 0 bridgehead atoms. The first kappa shape index (κ1) is 39.0. The maximum absolute atomic E-state index is 12.9. The molecule has 0 atom stereocenters. The number of carboxylic acid groups (broad SMARTS) is 2. The minimum absolute atomic E-state index is 0. The van der Waals surface area contributed by atoms with Crippen LogP contribution in [0.25, 0.3) is 11.8 Å². The predicted octanol–water partition coefficient (Wildman–Crippen LogP) is -4.65. The van der Waals surface area contributed by atoms with Gasteiger partial charge in [0, 0.05) is 0 Å². The molecule has 0 saturated carbocycles. The molecule has 0 unspecified atom stereocenters. The number of rotatable bonds is 9. The largest absolute Gasteiger partial charge is 1.00 e. The van der Waals surface area contributed by atoms with Crippen molar-refractivity contribution >= 4 is 55.6 Å². The van der Waals surface area contributed by atoms with Gasteiger partial charge in [-0.3, -0.25) is 23.8 Å². The van der Waals surface area contributed by atoms with E-state index >= 15 is 0 Å². The molecule has 2 heterocycles. The molecule has 0 radical (unpaired) electrons. The average Bonchev–Trinajstić information content (AvgIpc) is 3.44. The van der Waals surface area contributed by atoms with Crippen molar-refractivity contribution in [3.8, 4) is 5.69 Å². The number of carbonyl (C=O) groups is 3. The van der Waals surface area contributed by atoms with Crippen LogP contribution in [0.2, 0.25) is 0 Å². The Morgan fingerprint density at radius 1 is 0.756 bits per heavy atom. The number of aromatic carboxylic acids is 1. The smallest absolute Gasteiger partial charge is 0.477 e. The number of carboxylic acids is 2. The topological polar surface area (TPSA) is 254 Å². The number of carbonyl (C=O) groups excluding carboxylic acids is 1. The van der Waals surface area contributed by atoms with E-state index in [9.17, 15) is 46.2 Å². The number of benzene rings is 2. The molecule has 0 aliphatic carbocycles. The Balaban J connectivity index is 0.00000353. The van der Waals surface area contributed by atoms with Crippen molar-refractivity contribution < 1.29 is 153 Å². The Morgan fingerprint density at radius 3 is 1.73 bits per heavy atom. The third-order valence-electron chi connectivity index (χ3n) is 5.74. The summed E-state index contributed by atoms with van der Waals surface area (Å²) in [4.78, 5) is 48.3. The van der Waals surface area contributed by atoms with Crippen LogP contribution in [0.15, 0.2) is 98.1 Å². The second-order valence-corrected chi connectivity index (χ2v) is 11.3. The molecule has 0 spiro atoms. The Labute approximate surface area is 339 Å². The Morgan fingerprint density at radius 2 is 1.27 bits per heavy atom. The molecule has 16 nitrogen and oxygen atoms in total. The van der Waals surface area contributed by atoms with Crippen LogP contribution >= 0.6 is 0 Å². The third kappa shape index (κ3) is 9.01. The number of hydrogen-bond acceptors (Lipinski definition) is 9. The van der Waals surface area contributed by atoms with Gasteiger partial charge in [0.15, 0.2) is 11.4 Å². The van der Waals surface area contributed by atoms with Gasteiger partial charge in [-0.05, 0) is 60.7 Å². The summed E-state index contributed by atoms with van der Waals surface area (Å²) in [5, 5.41) is 25.9. The first-order valence-electron chi connectivity index (χ1n) is 11.5. The molecule has 1 amide bonds. The van der Waals surface area contributed by atoms with Crippen LogP contribution in [0.4, 0.5) is 5.69 Å². The number of amides is 1. The molecule has 0 saturated heterocycles. The van der Waals surface area contributed by atoms with Crippen molar-refractivity contribution in [2.45, 2.75) is 9.79 Å². The van der Waals surface area contributed by atoms with Crippen molar-refractivity contribution in [2.75, 3.05) is 5.01 Å². The Bertz CT molecular complexity index is 2060. The zero-order valence-electron chi connectivity index (χ0n) is 23.2. The van der Waals surface area contributed by atoms with Gasteiger partial charge in [0.1, 0.15) is 0 Å². The molecule has 3 aromatic rings. The molecule has 1 aliphatic rings. The molecular weight excluding hydrogens is 691 g/mol. The van der Waals surface area contributed by atoms with Crippen molar-refractivity contribution in [3.63, 3.8) is 0 Å². The van der Waals surface area contributed by atoms with Gasteiger partial charge < -0.3 is 10.2 Å². The molecule has 1 aromatic heterocycles. The fourth-order valence-corrected chi connectivity index (χ4v) is 4.70. The zero-order chi connectivity index (χ0) is 31.7. The number of allylic oxidation sites excluding steroid dienone is 4. The fraction of sp³-hybridized carbons (Fsp3) is 0. The maximum Gasteiger partial charge on any atom is 1.00 e. The molecule has 20 heteroatoms. The normalized spacial score (nSPS) is 14.4. The van der Waals surface area contributed by atoms with E-state index in [1.165, 1.54) is 30.4 Å². The molecule has 5 N–H and O–H groups in total. The predicted molar refractivity (Wildman–Crippen MR) is 148 cm³/mol. The summed E-state index contributed by atoms with van der Waals surface area (Å²) in [5.41, 5.74) is -2.51. The second-order valence-electron chi connectivity index (χ2n) is 8.48. The third-order valence-corrected chi connectivity index (χ3v) is 7.48. The van der Waals surface area contributed by atoms with Crippen LogP contribution in [-0.4, -0.2) is 69.5 Å². The van der Waals surface area contributed by atoms with Crippen LogP contribution in [-0.2, 0) is 29.8 Å². The average molecular weight is 709 g/mol. The second kappa shape index (κ2) is 15.6. The van der Waals surface area contributed by atoms with Gasteiger partial charge in [-0.15, -0.1) is 0 Å². The number of aromatic amines is 1. The van der Waals surface area contributed by atoms with Crippen LogP contribution in [0.5, 0.6) is 0 Å². The number of nitrogens with one attached hydrogen (secondary N) is 1. The van der Waals surface area contributed by atoms with Crippen molar-refractivity contribution in [2.24, 2.45) is 5.10 Å². The molecule has 2 aromatic carbocycles. The van der Waals surface area contributed by atoms with Crippen molar-refractivity contribution in [1.82, 2.24) is 9.78 Å². The monoisotopic (exact) mass is 708 g/mol. The quantitative estimate of drug-likeness (QED) is 0.0609. The minimum Gasteiger partial charge on any atom is -0.477 e. The minimum atomic E-state index is -4.50. The standard InChI is InChI=1S/C25H18N4O12S2.2K/c30-22-18(20(24(32)33)26-28(22)14-6-10-16(11-7-14)42(36,37)38)4-2-1-3-5-19-21(25(34)35)27-29(23(19)31)15-8-12-17(13-9-15)43(39,40)41;;/h1-13,26H,(H,32,33)(H,34,35)(H,36,37,38)(H,39,40,41);;/q;2*+1/b3-1+,4-2+,19-5-;;. The van der Waals surface area contributed by atoms with Crippen molar-refractivity contribution in [3.05, 3.63) is 100 Å². The summed E-state index contributed by atoms with van der Waals surface area (Å²) < 4.78 is 64.0. The van der Waals surface area contributed by atoms with Crippen LogP contribution in [0, 0.1) is 0 Å². The number of aromatic nitrogens is 2. The van der Waals surface area contributed by atoms with Crippen LogP contribution < -0.4 is 113 Å². The van der Waals surface area contributed by atoms with Gasteiger partial charge in [0.05, 0.1) is 32.3 Å². The first-order chi connectivity index (χ1) is 20.1. The molecule has 45 heavy (non-hydrogen) atoms. The Kier molecular flexibility index (Phi) is 13.5. The molecule has 222 valence electrons. The number of aliphatic carboxylic acids is 1. The first-order valence-corrected chi connectivity index (χ1v) is 14.4. The van der Waals surface area contributed by atoms with E-state index in [1.807, 2.05) is 0 Å². The van der Waals surface area contributed by atoms with Gasteiger partial charge in [-0.1, -0.05) is 18.2 Å². The van der Waals surface area contributed by atoms with E-state index in [0.29, 0.717) is 0 Å². The maximum atomic E-state index is 12.9. The van der Waals surface area contributed by atoms with Crippen LogP contribution in [0.3, 0.4) is 0 Å². The molecule has 1 aliphatic heterocycles. The number of anilines is 1.